The molecule has 2 aliphatic rings. The van der Waals surface area contributed by atoms with Crippen LogP contribution in [0.4, 0.5) is 0 Å². The molecule has 1 aromatic carbocycles. The first-order valence-electron chi connectivity index (χ1n) is 7.09. The molecule has 1 aliphatic heterocycles. The van der Waals surface area contributed by atoms with Crippen molar-refractivity contribution in [3.05, 3.63) is 65.1 Å². The zero-order chi connectivity index (χ0) is 15.3. The van der Waals surface area contributed by atoms with Gasteiger partial charge >= 0.3 is 0 Å². The van der Waals surface area contributed by atoms with Crippen molar-refractivity contribution in [2.24, 2.45) is 10.9 Å². The second kappa shape index (κ2) is 4.54. The van der Waals surface area contributed by atoms with Crippen LogP contribution in [0, 0.1) is 17.2 Å². The number of nitrogens with zero attached hydrogens (tertiary/aromatic N) is 2. The number of aliphatic imine (C=N–C) groups is 1. The predicted octanol–water partition coefficient (Wildman–Crippen LogP) is 3.59. The number of benzene rings is 1. The second-order valence-electron chi connectivity index (χ2n) is 5.49. The van der Waals surface area contributed by atoms with Gasteiger partial charge in [0.25, 0.3) is 0 Å². The molecule has 0 saturated heterocycles. The lowest BCUT2D eigenvalue weighted by atomic mass is 9.78. The molecule has 2 aromatic rings. The molecule has 4 heteroatoms. The highest BCUT2D eigenvalue weighted by atomic mass is 16.3. The van der Waals surface area contributed by atoms with Crippen molar-refractivity contribution in [1.82, 2.24) is 0 Å². The molecule has 106 valence electrons. The Morgan fingerprint density at radius 3 is 2.64 bits per heavy atom. The third-order valence-electron chi connectivity index (χ3n) is 4.30. The van der Waals surface area contributed by atoms with E-state index in [2.05, 4.69) is 11.1 Å². The molecule has 0 saturated carbocycles. The number of hydrogen-bond donors (Lipinski definition) is 0. The number of furan rings is 1. The number of allylic oxidation sites excluding steroid dienone is 1. The van der Waals surface area contributed by atoms with Gasteiger partial charge in [0, 0.05) is 22.4 Å². The van der Waals surface area contributed by atoms with Crippen LogP contribution in [0.3, 0.4) is 0 Å². The van der Waals surface area contributed by atoms with Gasteiger partial charge in [0.2, 0.25) is 0 Å². The molecule has 0 fully saturated rings. The van der Waals surface area contributed by atoms with Crippen molar-refractivity contribution in [3.8, 4) is 6.07 Å². The van der Waals surface area contributed by atoms with E-state index in [4.69, 9.17) is 4.42 Å². The molecule has 1 aromatic heterocycles. The highest BCUT2D eigenvalue weighted by molar-refractivity contribution is 6.23. The maximum Gasteiger partial charge on any atom is 0.192 e. The molecule has 0 amide bonds. The number of nitriles is 1. The normalized spacial score (nSPS) is 22.9. The molecule has 0 radical (unpaired) electrons. The Morgan fingerprint density at radius 2 is 1.95 bits per heavy atom. The van der Waals surface area contributed by atoms with E-state index in [1.165, 1.54) is 0 Å². The lowest BCUT2D eigenvalue weighted by Gasteiger charge is -2.25. The summed E-state index contributed by atoms with van der Waals surface area (Å²) < 4.78 is 5.52. The van der Waals surface area contributed by atoms with Crippen LogP contribution in [0.2, 0.25) is 0 Å². The molecule has 0 N–H and O–H groups in total. The minimum absolute atomic E-state index is 0.0523. The Morgan fingerprint density at radius 1 is 1.18 bits per heavy atom. The summed E-state index contributed by atoms with van der Waals surface area (Å²) in [7, 11) is 0. The zero-order valence-electron chi connectivity index (χ0n) is 11.9. The quantitative estimate of drug-likeness (QED) is 0.805. The summed E-state index contributed by atoms with van der Waals surface area (Å²) in [5.74, 6) is -0.298. The van der Waals surface area contributed by atoms with Gasteiger partial charge < -0.3 is 4.42 Å². The first-order chi connectivity index (χ1) is 10.7. The fourth-order valence-corrected chi connectivity index (χ4v) is 3.29. The Labute approximate surface area is 127 Å². The molecular weight excluding hydrogens is 276 g/mol. The molecule has 1 aliphatic carbocycles. The monoisotopic (exact) mass is 288 g/mol. The van der Waals surface area contributed by atoms with E-state index in [0.29, 0.717) is 28.3 Å². The van der Waals surface area contributed by atoms with Crippen LogP contribution in [0.1, 0.15) is 34.5 Å². The minimum Gasteiger partial charge on any atom is -0.469 e. The zero-order valence-corrected chi connectivity index (χ0v) is 11.9. The minimum atomic E-state index is -0.483. The highest BCUT2D eigenvalue weighted by Crippen LogP contribution is 2.47. The highest BCUT2D eigenvalue weighted by Gasteiger charge is 2.44. The van der Waals surface area contributed by atoms with E-state index in [9.17, 15) is 10.1 Å². The fraction of sp³-hybridized carbons (Fsp3) is 0.167. The average Bonchev–Trinajstić information content (AvgIpc) is 3.15. The Balaban J connectivity index is 1.98. The summed E-state index contributed by atoms with van der Waals surface area (Å²) in [5.41, 5.74) is 3.47. The number of rotatable bonds is 1. The Hall–Kier alpha value is -2.93. The van der Waals surface area contributed by atoms with Gasteiger partial charge in [-0.05, 0) is 19.1 Å². The lowest BCUT2D eigenvalue weighted by Crippen LogP contribution is -2.26. The summed E-state index contributed by atoms with van der Waals surface area (Å²) in [6.07, 6.45) is 1.57. The van der Waals surface area contributed by atoms with Crippen LogP contribution in [-0.4, -0.2) is 11.5 Å². The van der Waals surface area contributed by atoms with E-state index in [1.807, 2.05) is 31.2 Å². The van der Waals surface area contributed by atoms with Gasteiger partial charge in [-0.25, -0.2) is 0 Å². The molecular formula is C18H12N2O2. The maximum absolute atomic E-state index is 12.8. The standard InChI is InChI=1S/C18H12N2O2/c1-10-13(9-19)15(14-7-4-8-22-14)16-17(20-10)11-5-2-3-6-12(11)18(16)21/h2-8,13,15H,1H3. The Kier molecular flexibility index (Phi) is 2.64. The van der Waals surface area contributed by atoms with Gasteiger partial charge in [-0.1, -0.05) is 24.3 Å². The van der Waals surface area contributed by atoms with E-state index < -0.39 is 11.8 Å². The van der Waals surface area contributed by atoms with Crippen molar-refractivity contribution in [2.45, 2.75) is 12.8 Å². The number of ketones is 1. The molecule has 4 nitrogen and oxygen atoms in total. The molecule has 2 atom stereocenters. The van der Waals surface area contributed by atoms with Crippen LogP contribution in [0.5, 0.6) is 0 Å². The fourth-order valence-electron chi connectivity index (χ4n) is 3.29. The summed E-state index contributed by atoms with van der Waals surface area (Å²) in [6, 6.07) is 13.3. The van der Waals surface area contributed by atoms with Crippen LogP contribution in [0.25, 0.3) is 5.70 Å². The van der Waals surface area contributed by atoms with Crippen molar-refractivity contribution in [3.63, 3.8) is 0 Å². The number of carbonyl (C=O) groups is 1. The van der Waals surface area contributed by atoms with Crippen LogP contribution in [-0.2, 0) is 0 Å². The van der Waals surface area contributed by atoms with Crippen LogP contribution >= 0.6 is 0 Å². The molecule has 0 spiro atoms. The molecule has 2 unspecified atom stereocenters. The van der Waals surface area contributed by atoms with Gasteiger partial charge in [-0.3, -0.25) is 9.79 Å². The molecule has 0 bridgehead atoms. The first kappa shape index (κ1) is 12.8. The number of hydrogen-bond acceptors (Lipinski definition) is 4. The van der Waals surface area contributed by atoms with Gasteiger partial charge in [0.15, 0.2) is 5.78 Å². The van der Waals surface area contributed by atoms with E-state index in [-0.39, 0.29) is 5.78 Å². The predicted molar refractivity (Wildman–Crippen MR) is 81.4 cm³/mol. The average molecular weight is 288 g/mol. The van der Waals surface area contributed by atoms with Crippen molar-refractivity contribution >= 4 is 17.2 Å². The van der Waals surface area contributed by atoms with Crippen molar-refractivity contribution in [1.29, 1.82) is 5.26 Å². The summed E-state index contributed by atoms with van der Waals surface area (Å²) in [5, 5.41) is 9.55. The number of fused-ring (bicyclic) bond motifs is 2. The molecule has 4 rings (SSSR count). The molecule has 2 heterocycles. The van der Waals surface area contributed by atoms with E-state index >= 15 is 0 Å². The molecule has 22 heavy (non-hydrogen) atoms. The number of Topliss-reactive ketones (excluding diaryl/α,β-unsaturated/α-hetero) is 1. The third kappa shape index (κ3) is 1.57. The summed E-state index contributed by atoms with van der Waals surface area (Å²) in [4.78, 5) is 17.4. The van der Waals surface area contributed by atoms with Gasteiger partial charge in [-0.15, -0.1) is 0 Å². The van der Waals surface area contributed by atoms with Crippen LogP contribution in [0.15, 0.2) is 57.6 Å². The van der Waals surface area contributed by atoms with Gasteiger partial charge in [0.05, 0.1) is 29.9 Å². The number of carbonyl (C=O) groups excluding carboxylic acids is 1. The first-order valence-corrected chi connectivity index (χ1v) is 7.09. The SMILES string of the molecule is CC1=NC2=C(C(=O)c3ccccc32)C(c2ccco2)C1C#N. The van der Waals surface area contributed by atoms with Crippen LogP contribution < -0.4 is 0 Å². The Bertz CT molecular complexity index is 882. The van der Waals surface area contributed by atoms with Crippen molar-refractivity contribution < 1.29 is 9.21 Å². The van der Waals surface area contributed by atoms with E-state index in [0.717, 1.165) is 5.56 Å². The topological polar surface area (TPSA) is 66.4 Å². The summed E-state index contributed by atoms with van der Waals surface area (Å²) in [6.45, 7) is 1.83. The van der Waals surface area contributed by atoms with Crippen molar-refractivity contribution in [2.75, 3.05) is 0 Å². The maximum atomic E-state index is 12.8. The largest absolute Gasteiger partial charge is 0.469 e. The third-order valence-corrected chi connectivity index (χ3v) is 4.30. The lowest BCUT2D eigenvalue weighted by molar-refractivity contribution is 0.102. The van der Waals surface area contributed by atoms with Gasteiger partial charge in [0.1, 0.15) is 5.76 Å². The second-order valence-corrected chi connectivity index (χ2v) is 5.49. The van der Waals surface area contributed by atoms with E-state index in [1.54, 1.807) is 18.4 Å². The summed E-state index contributed by atoms with van der Waals surface area (Å²) >= 11 is 0. The van der Waals surface area contributed by atoms with Gasteiger partial charge in [-0.2, -0.15) is 5.26 Å². The smallest absolute Gasteiger partial charge is 0.192 e.